The molecular weight excluding hydrogens is 383 g/mol. The number of allylic oxidation sites excluding steroid dienone is 2. The number of rotatable bonds is 12. The van der Waals surface area contributed by atoms with Gasteiger partial charge in [-0.05, 0) is 86.8 Å². The maximum Gasteiger partial charge on any atom is 0.165 e. The van der Waals surface area contributed by atoms with E-state index >= 15 is 0 Å². The summed E-state index contributed by atoms with van der Waals surface area (Å²) in [6, 6.07) is 5.54. The summed E-state index contributed by atoms with van der Waals surface area (Å²) in [6.45, 7) is 5.09. The smallest absolute Gasteiger partial charge is 0.165 e. The molecule has 1 nitrogen and oxygen atoms in total. The van der Waals surface area contributed by atoms with Gasteiger partial charge in [0.05, 0.1) is 6.61 Å². The van der Waals surface area contributed by atoms with E-state index in [-0.39, 0.29) is 5.82 Å². The van der Waals surface area contributed by atoms with Crippen LogP contribution in [0.1, 0.15) is 109 Å². The molecule has 2 aliphatic rings. The standard InChI is InChI=1S/C29H45FO/c1-3-5-7-21-31-29-20-15-25(22-28(29)30)10-9-24-13-18-27(19-14-24)26-16-11-23(12-17-26)8-6-4-2/h13,15,20,22-23,26-27H,3-12,14,16-19,21H2,1-2H3. The average Bonchev–Trinajstić information content (AvgIpc) is 2.81. The molecule has 2 heteroatoms. The molecule has 1 fully saturated rings. The average molecular weight is 429 g/mol. The minimum Gasteiger partial charge on any atom is -0.491 e. The van der Waals surface area contributed by atoms with Crippen molar-refractivity contribution in [3.63, 3.8) is 0 Å². The Morgan fingerprint density at radius 2 is 1.71 bits per heavy atom. The maximum atomic E-state index is 14.3. The van der Waals surface area contributed by atoms with Crippen LogP contribution >= 0.6 is 0 Å². The van der Waals surface area contributed by atoms with Crippen molar-refractivity contribution in [3.8, 4) is 5.75 Å². The van der Waals surface area contributed by atoms with E-state index in [0.717, 1.165) is 55.4 Å². The summed E-state index contributed by atoms with van der Waals surface area (Å²) in [5.41, 5.74) is 2.68. The van der Waals surface area contributed by atoms with E-state index in [9.17, 15) is 4.39 Å². The molecule has 1 aromatic rings. The van der Waals surface area contributed by atoms with Crippen molar-refractivity contribution in [2.24, 2.45) is 17.8 Å². The zero-order valence-corrected chi connectivity index (χ0v) is 20.1. The molecule has 31 heavy (non-hydrogen) atoms. The minimum absolute atomic E-state index is 0.207. The second-order valence-corrected chi connectivity index (χ2v) is 10.1. The van der Waals surface area contributed by atoms with E-state index in [2.05, 4.69) is 19.9 Å². The Bertz CT molecular complexity index is 671. The van der Waals surface area contributed by atoms with Gasteiger partial charge >= 0.3 is 0 Å². The Hall–Kier alpha value is -1.31. The molecule has 1 unspecified atom stereocenters. The van der Waals surface area contributed by atoms with Crippen LogP contribution in [-0.4, -0.2) is 6.61 Å². The van der Waals surface area contributed by atoms with Crippen molar-refractivity contribution >= 4 is 0 Å². The summed E-state index contributed by atoms with van der Waals surface area (Å²) >= 11 is 0. The summed E-state index contributed by atoms with van der Waals surface area (Å²) in [5.74, 6) is 3.09. The SMILES string of the molecule is CCCCCOc1ccc(CCC2=CCC(C3CCC(CCCC)CC3)CC2)cc1F. The lowest BCUT2D eigenvalue weighted by Gasteiger charge is -2.35. The molecule has 0 aliphatic heterocycles. The molecule has 3 rings (SSSR count). The van der Waals surface area contributed by atoms with Gasteiger partial charge in [0.1, 0.15) is 0 Å². The zero-order chi connectivity index (χ0) is 21.9. The molecular formula is C29H45FO. The first-order chi connectivity index (χ1) is 15.2. The van der Waals surface area contributed by atoms with Crippen LogP contribution in [0.4, 0.5) is 4.39 Å². The van der Waals surface area contributed by atoms with Gasteiger partial charge in [0.15, 0.2) is 11.6 Å². The number of hydrogen-bond donors (Lipinski definition) is 0. The topological polar surface area (TPSA) is 9.23 Å². The monoisotopic (exact) mass is 428 g/mol. The van der Waals surface area contributed by atoms with Gasteiger partial charge in [0.25, 0.3) is 0 Å². The third kappa shape index (κ3) is 7.95. The Labute approximate surface area is 190 Å². The molecule has 0 radical (unpaired) electrons. The molecule has 0 amide bonds. The van der Waals surface area contributed by atoms with Crippen LogP contribution in [0, 0.1) is 23.6 Å². The van der Waals surface area contributed by atoms with Crippen molar-refractivity contribution < 1.29 is 9.13 Å². The van der Waals surface area contributed by atoms with E-state index in [0.29, 0.717) is 12.4 Å². The first kappa shape index (κ1) is 24.3. The highest BCUT2D eigenvalue weighted by atomic mass is 19.1. The largest absolute Gasteiger partial charge is 0.491 e. The van der Waals surface area contributed by atoms with Crippen molar-refractivity contribution in [3.05, 3.63) is 41.2 Å². The van der Waals surface area contributed by atoms with Gasteiger partial charge in [-0.2, -0.15) is 0 Å². The van der Waals surface area contributed by atoms with E-state index in [1.54, 1.807) is 11.6 Å². The van der Waals surface area contributed by atoms with Crippen LogP contribution in [-0.2, 0) is 6.42 Å². The Morgan fingerprint density at radius 1 is 0.903 bits per heavy atom. The first-order valence-electron chi connectivity index (χ1n) is 13.3. The van der Waals surface area contributed by atoms with Gasteiger partial charge in [-0.25, -0.2) is 4.39 Å². The Balaban J connectivity index is 1.38. The maximum absolute atomic E-state index is 14.3. The molecule has 2 aliphatic carbocycles. The Kier molecular flexibility index (Phi) is 10.4. The lowest BCUT2D eigenvalue weighted by Crippen LogP contribution is -2.23. The molecule has 0 aromatic heterocycles. The lowest BCUT2D eigenvalue weighted by atomic mass is 9.70. The molecule has 0 bridgehead atoms. The van der Waals surface area contributed by atoms with E-state index in [4.69, 9.17) is 4.74 Å². The highest BCUT2D eigenvalue weighted by Crippen LogP contribution is 2.41. The molecule has 0 spiro atoms. The predicted molar refractivity (Wildman–Crippen MR) is 130 cm³/mol. The summed E-state index contributed by atoms with van der Waals surface area (Å²) in [7, 11) is 0. The highest BCUT2D eigenvalue weighted by molar-refractivity contribution is 5.30. The van der Waals surface area contributed by atoms with Crippen LogP contribution in [0.2, 0.25) is 0 Å². The Morgan fingerprint density at radius 3 is 2.39 bits per heavy atom. The third-order valence-corrected chi connectivity index (χ3v) is 7.81. The second kappa shape index (κ2) is 13.3. The zero-order valence-electron chi connectivity index (χ0n) is 20.1. The number of hydrogen-bond acceptors (Lipinski definition) is 1. The first-order valence-corrected chi connectivity index (χ1v) is 13.3. The van der Waals surface area contributed by atoms with Gasteiger partial charge in [-0.3, -0.25) is 0 Å². The molecule has 0 N–H and O–H groups in total. The fourth-order valence-electron chi connectivity index (χ4n) is 5.66. The second-order valence-electron chi connectivity index (χ2n) is 10.1. The summed E-state index contributed by atoms with van der Waals surface area (Å²) in [6.07, 6.45) is 21.8. The molecule has 174 valence electrons. The minimum atomic E-state index is -0.207. The molecule has 1 saturated carbocycles. The van der Waals surface area contributed by atoms with Crippen molar-refractivity contribution in [2.75, 3.05) is 6.61 Å². The van der Waals surface area contributed by atoms with Crippen molar-refractivity contribution in [1.82, 2.24) is 0 Å². The van der Waals surface area contributed by atoms with Crippen LogP contribution in [0.25, 0.3) is 0 Å². The quantitative estimate of drug-likeness (QED) is 0.238. The predicted octanol–water partition coefficient (Wildman–Crippen LogP) is 9.05. The number of unbranched alkanes of at least 4 members (excludes halogenated alkanes) is 3. The summed E-state index contributed by atoms with van der Waals surface area (Å²) in [4.78, 5) is 0. The number of halogens is 1. The van der Waals surface area contributed by atoms with Crippen LogP contribution in [0.15, 0.2) is 29.8 Å². The van der Waals surface area contributed by atoms with Gasteiger partial charge in [0, 0.05) is 0 Å². The highest BCUT2D eigenvalue weighted by Gasteiger charge is 2.28. The third-order valence-electron chi connectivity index (χ3n) is 7.81. The molecule has 0 saturated heterocycles. The molecule has 1 atom stereocenters. The lowest BCUT2D eigenvalue weighted by molar-refractivity contribution is 0.185. The number of ether oxygens (including phenoxy) is 1. The van der Waals surface area contributed by atoms with Gasteiger partial charge in [-0.15, -0.1) is 0 Å². The van der Waals surface area contributed by atoms with Crippen LogP contribution < -0.4 is 4.74 Å². The van der Waals surface area contributed by atoms with E-state index in [1.807, 2.05) is 12.1 Å². The summed E-state index contributed by atoms with van der Waals surface area (Å²) in [5, 5.41) is 0. The molecule has 0 heterocycles. The van der Waals surface area contributed by atoms with Crippen LogP contribution in [0.3, 0.4) is 0 Å². The van der Waals surface area contributed by atoms with Crippen LogP contribution in [0.5, 0.6) is 5.75 Å². The van der Waals surface area contributed by atoms with Gasteiger partial charge in [-0.1, -0.05) is 76.5 Å². The fraction of sp³-hybridized carbons (Fsp3) is 0.724. The van der Waals surface area contributed by atoms with Crippen molar-refractivity contribution in [2.45, 2.75) is 110 Å². The van der Waals surface area contributed by atoms with Gasteiger partial charge < -0.3 is 4.74 Å². The number of benzene rings is 1. The van der Waals surface area contributed by atoms with Gasteiger partial charge in [0.2, 0.25) is 0 Å². The summed E-state index contributed by atoms with van der Waals surface area (Å²) < 4.78 is 19.9. The van der Waals surface area contributed by atoms with E-state index in [1.165, 1.54) is 64.2 Å². The van der Waals surface area contributed by atoms with Crippen molar-refractivity contribution in [1.29, 1.82) is 0 Å². The normalized spacial score (nSPS) is 24.1. The molecule has 1 aromatic carbocycles. The number of aryl methyl sites for hydroxylation is 1. The van der Waals surface area contributed by atoms with E-state index < -0.39 is 0 Å². The fourth-order valence-corrected chi connectivity index (χ4v) is 5.66.